The van der Waals surface area contributed by atoms with Crippen LogP contribution in [0.25, 0.3) is 0 Å². The van der Waals surface area contributed by atoms with Crippen molar-refractivity contribution >= 4 is 24.2 Å². The van der Waals surface area contributed by atoms with E-state index < -0.39 is 6.04 Å². The monoisotopic (exact) mass is 403 g/mol. The van der Waals surface area contributed by atoms with Crippen LogP contribution in [-0.2, 0) is 4.79 Å². The summed E-state index contributed by atoms with van der Waals surface area (Å²) in [6.45, 7) is 4.30. The summed E-state index contributed by atoms with van der Waals surface area (Å²) in [5.41, 5.74) is 7.47. The van der Waals surface area contributed by atoms with Gasteiger partial charge in [-0.15, -0.1) is 12.4 Å². The summed E-state index contributed by atoms with van der Waals surface area (Å²) >= 11 is 0. The molecule has 150 valence electrons. The molecule has 0 aliphatic carbocycles. The molecule has 2 N–H and O–H groups in total. The van der Waals surface area contributed by atoms with Gasteiger partial charge in [0.2, 0.25) is 5.91 Å². The fourth-order valence-corrected chi connectivity index (χ4v) is 3.22. The highest BCUT2D eigenvalue weighted by molar-refractivity contribution is 5.97. The third-order valence-electron chi connectivity index (χ3n) is 4.72. The Morgan fingerprint density at radius 1 is 0.964 bits per heavy atom. The Morgan fingerprint density at radius 2 is 1.54 bits per heavy atom. The maximum absolute atomic E-state index is 12.8. The van der Waals surface area contributed by atoms with E-state index in [1.165, 1.54) is 0 Å². The van der Waals surface area contributed by atoms with Crippen molar-refractivity contribution in [3.63, 3.8) is 0 Å². The number of hydrogen-bond acceptors (Lipinski definition) is 4. The number of ether oxygens (including phenoxy) is 1. The Balaban J connectivity index is 0.00000280. The molecule has 2 aromatic rings. The molecule has 1 saturated heterocycles. The fourth-order valence-electron chi connectivity index (χ4n) is 3.22. The molecule has 0 spiro atoms. The van der Waals surface area contributed by atoms with Crippen LogP contribution in [-0.4, -0.2) is 54.4 Å². The van der Waals surface area contributed by atoms with Gasteiger partial charge in [0.15, 0.2) is 0 Å². The summed E-state index contributed by atoms with van der Waals surface area (Å²) in [4.78, 5) is 29.0. The van der Waals surface area contributed by atoms with Gasteiger partial charge in [-0.2, -0.15) is 0 Å². The largest absolute Gasteiger partial charge is 0.493 e. The van der Waals surface area contributed by atoms with Crippen LogP contribution >= 0.6 is 12.4 Å². The van der Waals surface area contributed by atoms with Crippen molar-refractivity contribution in [2.45, 2.75) is 13.0 Å². The summed E-state index contributed by atoms with van der Waals surface area (Å²) in [6, 6.07) is 15.9. The molecule has 2 amide bonds. The average molecular weight is 404 g/mol. The van der Waals surface area contributed by atoms with Crippen LogP contribution < -0.4 is 10.5 Å². The Hall–Kier alpha value is -2.57. The van der Waals surface area contributed by atoms with E-state index in [-0.39, 0.29) is 24.2 Å². The molecule has 2 aromatic carbocycles. The van der Waals surface area contributed by atoms with Crippen LogP contribution in [0.5, 0.6) is 5.75 Å². The van der Waals surface area contributed by atoms with Gasteiger partial charge in [-0.25, -0.2) is 0 Å². The fraction of sp³-hybridized carbons (Fsp3) is 0.333. The lowest BCUT2D eigenvalue weighted by molar-refractivity contribution is -0.134. The zero-order chi connectivity index (χ0) is 19.2. The standard InChI is InChI=1S/C21H25N3O3.ClH/c1-2-27-18-11-7-6-10-17(18)20(25)23-12-14-24(15-13-23)21(26)19(22)16-8-4-3-5-9-16;/h3-11,19H,2,12-15,22H2,1H3;1H. The SMILES string of the molecule is CCOc1ccccc1C(=O)N1CCN(C(=O)C(N)c2ccccc2)CC1.Cl. The minimum absolute atomic E-state index is 0. The number of carbonyl (C=O) groups excluding carboxylic acids is 2. The van der Waals surface area contributed by atoms with E-state index in [0.717, 1.165) is 5.56 Å². The van der Waals surface area contributed by atoms with Crippen LogP contribution in [0.1, 0.15) is 28.9 Å². The molecule has 0 aromatic heterocycles. The Bertz CT molecular complexity index is 792. The van der Waals surface area contributed by atoms with Crippen LogP contribution in [0, 0.1) is 0 Å². The third kappa shape index (κ3) is 4.82. The average Bonchev–Trinajstić information content (AvgIpc) is 2.73. The summed E-state index contributed by atoms with van der Waals surface area (Å²) in [5, 5.41) is 0. The molecule has 1 heterocycles. The number of nitrogens with two attached hydrogens (primary N) is 1. The van der Waals surface area contributed by atoms with Crippen LogP contribution in [0.2, 0.25) is 0 Å². The quantitative estimate of drug-likeness (QED) is 0.832. The second kappa shape index (κ2) is 10.1. The molecule has 0 radical (unpaired) electrons. The molecule has 0 bridgehead atoms. The van der Waals surface area contributed by atoms with Gasteiger partial charge < -0.3 is 20.3 Å². The summed E-state index contributed by atoms with van der Waals surface area (Å²) in [5.74, 6) is 0.413. The number of benzene rings is 2. The van der Waals surface area contributed by atoms with E-state index in [9.17, 15) is 9.59 Å². The number of hydrogen-bond donors (Lipinski definition) is 1. The van der Waals surface area contributed by atoms with Gasteiger partial charge in [0.05, 0.1) is 12.2 Å². The number of amides is 2. The summed E-state index contributed by atoms with van der Waals surface area (Å²) in [7, 11) is 0. The number of nitrogens with zero attached hydrogens (tertiary/aromatic N) is 2. The smallest absolute Gasteiger partial charge is 0.257 e. The number of halogens is 1. The maximum Gasteiger partial charge on any atom is 0.257 e. The molecule has 28 heavy (non-hydrogen) atoms. The van der Waals surface area contributed by atoms with Gasteiger partial charge in [-0.05, 0) is 24.6 Å². The van der Waals surface area contributed by atoms with Gasteiger partial charge >= 0.3 is 0 Å². The third-order valence-corrected chi connectivity index (χ3v) is 4.72. The van der Waals surface area contributed by atoms with E-state index >= 15 is 0 Å². The number of carbonyl (C=O) groups is 2. The summed E-state index contributed by atoms with van der Waals surface area (Å²) in [6.07, 6.45) is 0. The lowest BCUT2D eigenvalue weighted by atomic mass is 10.1. The minimum atomic E-state index is -0.674. The maximum atomic E-state index is 12.8. The predicted molar refractivity (Wildman–Crippen MR) is 111 cm³/mol. The topological polar surface area (TPSA) is 75.9 Å². The van der Waals surface area contributed by atoms with Gasteiger partial charge in [0, 0.05) is 26.2 Å². The highest BCUT2D eigenvalue weighted by Crippen LogP contribution is 2.21. The first-order chi connectivity index (χ1) is 13.1. The first-order valence-electron chi connectivity index (χ1n) is 9.22. The molecule has 1 aliphatic rings. The van der Waals surface area contributed by atoms with Gasteiger partial charge in [-0.3, -0.25) is 9.59 Å². The Morgan fingerprint density at radius 3 is 2.18 bits per heavy atom. The van der Waals surface area contributed by atoms with E-state index in [4.69, 9.17) is 10.5 Å². The number of para-hydroxylation sites is 1. The number of piperazine rings is 1. The van der Waals surface area contributed by atoms with Gasteiger partial charge in [0.25, 0.3) is 5.91 Å². The van der Waals surface area contributed by atoms with E-state index in [0.29, 0.717) is 44.1 Å². The van der Waals surface area contributed by atoms with Crippen molar-refractivity contribution in [2.24, 2.45) is 5.73 Å². The highest BCUT2D eigenvalue weighted by atomic mass is 35.5. The number of rotatable bonds is 5. The Kier molecular flexibility index (Phi) is 7.84. The van der Waals surface area contributed by atoms with Gasteiger partial charge in [0.1, 0.15) is 11.8 Å². The highest BCUT2D eigenvalue weighted by Gasteiger charge is 2.29. The van der Waals surface area contributed by atoms with E-state index in [1.54, 1.807) is 21.9 Å². The van der Waals surface area contributed by atoms with Crippen LogP contribution in [0.15, 0.2) is 54.6 Å². The van der Waals surface area contributed by atoms with Crippen molar-refractivity contribution in [3.05, 3.63) is 65.7 Å². The normalized spacial score (nSPS) is 14.8. The molecular weight excluding hydrogens is 378 g/mol. The molecule has 6 nitrogen and oxygen atoms in total. The molecule has 3 rings (SSSR count). The zero-order valence-corrected chi connectivity index (χ0v) is 16.7. The van der Waals surface area contributed by atoms with Gasteiger partial charge in [-0.1, -0.05) is 42.5 Å². The minimum Gasteiger partial charge on any atom is -0.493 e. The first-order valence-corrected chi connectivity index (χ1v) is 9.22. The lowest BCUT2D eigenvalue weighted by Crippen LogP contribution is -2.52. The second-order valence-electron chi connectivity index (χ2n) is 6.44. The predicted octanol–water partition coefficient (Wildman–Crippen LogP) is 2.49. The summed E-state index contributed by atoms with van der Waals surface area (Å²) < 4.78 is 5.56. The van der Waals surface area contributed by atoms with E-state index in [2.05, 4.69) is 0 Å². The second-order valence-corrected chi connectivity index (χ2v) is 6.44. The van der Waals surface area contributed by atoms with Crippen LogP contribution in [0.3, 0.4) is 0 Å². The molecule has 7 heteroatoms. The van der Waals surface area contributed by atoms with Crippen molar-refractivity contribution in [1.82, 2.24) is 9.80 Å². The lowest BCUT2D eigenvalue weighted by Gasteiger charge is -2.36. The molecule has 1 aliphatic heterocycles. The molecule has 1 fully saturated rings. The van der Waals surface area contributed by atoms with Crippen molar-refractivity contribution in [2.75, 3.05) is 32.8 Å². The molecule has 1 atom stereocenters. The van der Waals surface area contributed by atoms with Crippen molar-refractivity contribution in [1.29, 1.82) is 0 Å². The van der Waals surface area contributed by atoms with Crippen LogP contribution in [0.4, 0.5) is 0 Å². The molecule has 1 unspecified atom stereocenters. The molecular formula is C21H26ClN3O3. The Labute approximate surface area is 171 Å². The molecule has 0 saturated carbocycles. The first kappa shape index (κ1) is 21.7. The van der Waals surface area contributed by atoms with E-state index in [1.807, 2.05) is 49.4 Å². The van der Waals surface area contributed by atoms with Crippen molar-refractivity contribution in [3.8, 4) is 5.75 Å². The zero-order valence-electron chi connectivity index (χ0n) is 15.9. The van der Waals surface area contributed by atoms with Crippen molar-refractivity contribution < 1.29 is 14.3 Å².